The normalized spacial score (nSPS) is 10.3. The van der Waals surface area contributed by atoms with Crippen LogP contribution in [0.5, 0.6) is 0 Å². The first-order valence-corrected chi connectivity index (χ1v) is 6.46. The molecule has 2 aromatic carbocycles. The summed E-state index contributed by atoms with van der Waals surface area (Å²) in [5, 5.41) is 8.91. The molecule has 0 aliphatic rings. The Labute approximate surface area is 121 Å². The number of aromatic carboxylic acids is 1. The second-order valence-electron chi connectivity index (χ2n) is 4.51. The van der Waals surface area contributed by atoms with Crippen LogP contribution in [0.15, 0.2) is 66.9 Å². The van der Waals surface area contributed by atoms with E-state index in [9.17, 15) is 4.79 Å². The molecule has 0 saturated heterocycles. The van der Waals surface area contributed by atoms with Crippen molar-refractivity contribution in [3.05, 3.63) is 72.4 Å². The highest BCUT2D eigenvalue weighted by atomic mass is 16.4. The minimum atomic E-state index is -0.936. The van der Waals surface area contributed by atoms with E-state index in [2.05, 4.69) is 9.97 Å². The monoisotopic (exact) mass is 276 g/mol. The summed E-state index contributed by atoms with van der Waals surface area (Å²) in [5.41, 5.74) is 2.83. The van der Waals surface area contributed by atoms with Crippen molar-refractivity contribution >= 4 is 5.97 Å². The lowest BCUT2D eigenvalue weighted by atomic mass is 10.1. The number of carbonyl (C=O) groups is 1. The van der Waals surface area contributed by atoms with Crippen LogP contribution in [-0.4, -0.2) is 21.0 Å². The Hall–Kier alpha value is -3.01. The molecule has 4 nitrogen and oxygen atoms in total. The average molecular weight is 276 g/mol. The number of carboxylic acids is 1. The maximum absolute atomic E-state index is 10.9. The first-order chi connectivity index (χ1) is 10.2. The second kappa shape index (κ2) is 5.54. The third-order valence-electron chi connectivity index (χ3n) is 3.12. The van der Waals surface area contributed by atoms with Crippen LogP contribution in [0.1, 0.15) is 10.4 Å². The van der Waals surface area contributed by atoms with Gasteiger partial charge in [-0.2, -0.15) is 0 Å². The highest BCUT2D eigenvalue weighted by molar-refractivity contribution is 5.88. The molecule has 0 saturated carbocycles. The Morgan fingerprint density at radius 1 is 0.857 bits per heavy atom. The van der Waals surface area contributed by atoms with E-state index in [0.29, 0.717) is 5.82 Å². The van der Waals surface area contributed by atoms with E-state index in [1.165, 1.54) is 0 Å². The molecule has 0 spiro atoms. The summed E-state index contributed by atoms with van der Waals surface area (Å²) in [6, 6.07) is 18.2. The van der Waals surface area contributed by atoms with Gasteiger partial charge in [-0.15, -0.1) is 0 Å². The standard InChI is InChI=1S/C17H12N2O2/c20-17(21)14-8-6-12(7-9-14)15-10-11-18-16(19-15)13-4-2-1-3-5-13/h1-11H,(H,20,21). The van der Waals surface area contributed by atoms with Crippen molar-refractivity contribution in [3.63, 3.8) is 0 Å². The summed E-state index contributed by atoms with van der Waals surface area (Å²) in [4.78, 5) is 19.7. The van der Waals surface area contributed by atoms with Gasteiger partial charge >= 0.3 is 5.97 Å². The molecular formula is C17H12N2O2. The van der Waals surface area contributed by atoms with Crippen molar-refractivity contribution in [2.75, 3.05) is 0 Å². The molecule has 102 valence electrons. The number of benzene rings is 2. The quantitative estimate of drug-likeness (QED) is 0.795. The maximum atomic E-state index is 10.9. The Morgan fingerprint density at radius 2 is 1.57 bits per heavy atom. The van der Waals surface area contributed by atoms with Crippen LogP contribution in [0.4, 0.5) is 0 Å². The van der Waals surface area contributed by atoms with E-state index in [-0.39, 0.29) is 5.56 Å². The van der Waals surface area contributed by atoms with Crippen LogP contribution in [0.2, 0.25) is 0 Å². The summed E-state index contributed by atoms with van der Waals surface area (Å²) in [5.74, 6) is -0.287. The molecule has 3 rings (SSSR count). The fraction of sp³-hybridized carbons (Fsp3) is 0. The third-order valence-corrected chi connectivity index (χ3v) is 3.12. The lowest BCUT2D eigenvalue weighted by Gasteiger charge is -2.04. The fourth-order valence-corrected chi connectivity index (χ4v) is 2.03. The first kappa shape index (κ1) is 13.0. The smallest absolute Gasteiger partial charge is 0.335 e. The van der Waals surface area contributed by atoms with Gasteiger partial charge in [-0.3, -0.25) is 0 Å². The molecule has 0 atom stereocenters. The van der Waals surface area contributed by atoms with Gasteiger partial charge in [-0.05, 0) is 18.2 Å². The maximum Gasteiger partial charge on any atom is 0.335 e. The largest absolute Gasteiger partial charge is 0.478 e. The van der Waals surface area contributed by atoms with Gasteiger partial charge < -0.3 is 5.11 Å². The SMILES string of the molecule is O=C(O)c1ccc(-c2ccnc(-c3ccccc3)n2)cc1. The predicted molar refractivity (Wildman–Crippen MR) is 79.9 cm³/mol. The van der Waals surface area contributed by atoms with E-state index < -0.39 is 5.97 Å². The summed E-state index contributed by atoms with van der Waals surface area (Å²) < 4.78 is 0. The van der Waals surface area contributed by atoms with Gasteiger partial charge in [-0.1, -0.05) is 42.5 Å². The highest BCUT2D eigenvalue weighted by Gasteiger charge is 2.06. The Morgan fingerprint density at radius 3 is 2.24 bits per heavy atom. The number of hydrogen-bond acceptors (Lipinski definition) is 3. The minimum Gasteiger partial charge on any atom is -0.478 e. The number of carboxylic acid groups (broad SMARTS) is 1. The van der Waals surface area contributed by atoms with E-state index in [4.69, 9.17) is 5.11 Å². The van der Waals surface area contributed by atoms with Gasteiger partial charge in [0.1, 0.15) is 0 Å². The van der Waals surface area contributed by atoms with E-state index >= 15 is 0 Å². The molecule has 3 aromatic rings. The molecule has 1 heterocycles. The van der Waals surface area contributed by atoms with Crippen molar-refractivity contribution in [1.29, 1.82) is 0 Å². The zero-order chi connectivity index (χ0) is 14.7. The van der Waals surface area contributed by atoms with Crippen molar-refractivity contribution in [2.24, 2.45) is 0 Å². The van der Waals surface area contributed by atoms with Gasteiger partial charge in [0.25, 0.3) is 0 Å². The molecule has 1 aromatic heterocycles. The number of nitrogens with zero attached hydrogens (tertiary/aromatic N) is 2. The van der Waals surface area contributed by atoms with Crippen LogP contribution in [0.3, 0.4) is 0 Å². The Bertz CT molecular complexity index is 768. The molecule has 4 heteroatoms. The first-order valence-electron chi connectivity index (χ1n) is 6.46. The van der Waals surface area contributed by atoms with Crippen LogP contribution < -0.4 is 0 Å². The van der Waals surface area contributed by atoms with Gasteiger partial charge in [0.15, 0.2) is 5.82 Å². The third kappa shape index (κ3) is 2.79. The molecule has 0 bridgehead atoms. The molecule has 21 heavy (non-hydrogen) atoms. The number of hydrogen-bond donors (Lipinski definition) is 1. The second-order valence-corrected chi connectivity index (χ2v) is 4.51. The minimum absolute atomic E-state index is 0.260. The molecule has 0 radical (unpaired) electrons. The summed E-state index contributed by atoms with van der Waals surface area (Å²) in [7, 11) is 0. The molecule has 0 aliphatic heterocycles. The van der Waals surface area contributed by atoms with Crippen LogP contribution >= 0.6 is 0 Å². The van der Waals surface area contributed by atoms with Crippen LogP contribution in [0.25, 0.3) is 22.6 Å². The van der Waals surface area contributed by atoms with Crippen molar-refractivity contribution < 1.29 is 9.90 Å². The molecular weight excluding hydrogens is 264 g/mol. The van der Waals surface area contributed by atoms with E-state index in [1.807, 2.05) is 36.4 Å². The van der Waals surface area contributed by atoms with Crippen LogP contribution in [0, 0.1) is 0 Å². The van der Waals surface area contributed by atoms with E-state index in [0.717, 1.165) is 16.8 Å². The van der Waals surface area contributed by atoms with Gasteiger partial charge in [-0.25, -0.2) is 14.8 Å². The lowest BCUT2D eigenvalue weighted by molar-refractivity contribution is 0.0697. The van der Waals surface area contributed by atoms with Crippen molar-refractivity contribution in [1.82, 2.24) is 9.97 Å². The van der Waals surface area contributed by atoms with Crippen molar-refractivity contribution in [2.45, 2.75) is 0 Å². The molecule has 0 unspecified atom stereocenters. The topological polar surface area (TPSA) is 63.1 Å². The predicted octanol–water partition coefficient (Wildman–Crippen LogP) is 3.51. The summed E-state index contributed by atoms with van der Waals surface area (Å²) in [6.45, 7) is 0. The van der Waals surface area contributed by atoms with Gasteiger partial charge in [0.2, 0.25) is 0 Å². The molecule has 0 aliphatic carbocycles. The number of aromatic nitrogens is 2. The van der Waals surface area contributed by atoms with Crippen LogP contribution in [-0.2, 0) is 0 Å². The van der Waals surface area contributed by atoms with Gasteiger partial charge in [0, 0.05) is 17.3 Å². The Balaban J connectivity index is 1.98. The summed E-state index contributed by atoms with van der Waals surface area (Å²) >= 11 is 0. The number of rotatable bonds is 3. The lowest BCUT2D eigenvalue weighted by Crippen LogP contribution is -1.96. The van der Waals surface area contributed by atoms with E-state index in [1.54, 1.807) is 30.5 Å². The highest BCUT2D eigenvalue weighted by Crippen LogP contribution is 2.21. The fourth-order valence-electron chi connectivity index (χ4n) is 2.03. The molecule has 0 amide bonds. The summed E-state index contributed by atoms with van der Waals surface area (Å²) in [6.07, 6.45) is 1.70. The Kier molecular flexibility index (Phi) is 3.43. The average Bonchev–Trinajstić information content (AvgIpc) is 2.56. The zero-order valence-corrected chi connectivity index (χ0v) is 11.1. The zero-order valence-electron chi connectivity index (χ0n) is 11.1. The van der Waals surface area contributed by atoms with Gasteiger partial charge in [0.05, 0.1) is 11.3 Å². The van der Waals surface area contributed by atoms with Crippen molar-refractivity contribution in [3.8, 4) is 22.6 Å². The molecule has 1 N–H and O–H groups in total. The molecule has 0 fully saturated rings.